The van der Waals surface area contributed by atoms with Crippen LogP contribution >= 0.6 is 7.60 Å². The number of rotatable bonds is 18. The molecule has 1 aromatic heterocycles. The van der Waals surface area contributed by atoms with Crippen LogP contribution in [0.25, 0.3) is 11.0 Å². The number of primary amides is 1. The summed E-state index contributed by atoms with van der Waals surface area (Å²) in [6.07, 6.45) is 0.506. The highest BCUT2D eigenvalue weighted by molar-refractivity contribution is 7.50. The number of carboxylic acids is 1. The predicted molar refractivity (Wildman–Crippen MR) is 181 cm³/mol. The smallest absolute Gasteiger partial charge is 0.329 e. The van der Waals surface area contributed by atoms with Gasteiger partial charge in [0.1, 0.15) is 11.6 Å². The number of non-ortho nitro benzene ring substituents is 1. The minimum atomic E-state index is -4.31. The molecule has 1 heterocycles. The molecule has 20 nitrogen and oxygen atoms in total. The van der Waals surface area contributed by atoms with E-state index in [9.17, 15) is 53.5 Å². The van der Waals surface area contributed by atoms with Gasteiger partial charge >= 0.3 is 19.3 Å². The van der Waals surface area contributed by atoms with E-state index in [1.807, 2.05) is 0 Å². The van der Waals surface area contributed by atoms with Gasteiger partial charge in [0.2, 0.25) is 29.1 Å². The molecule has 1 aliphatic carbocycles. The van der Waals surface area contributed by atoms with Crippen LogP contribution in [0.3, 0.4) is 0 Å². The SMILES string of the molecule is NC(=O)CC(NC(=O)C1(NC(=O)C(CC(=O)O)Cc2ccc(CP(=O)(O)O)cc2)CCCCC1)C(=O)NCCNc1ccc([N+](=O)[O-])c2nonc12. The van der Waals surface area contributed by atoms with Crippen molar-refractivity contribution in [2.24, 2.45) is 11.7 Å². The number of aromatic nitrogens is 2. The zero-order chi connectivity index (χ0) is 38.1. The summed E-state index contributed by atoms with van der Waals surface area (Å²) in [5.74, 6) is -5.50. The van der Waals surface area contributed by atoms with Crippen molar-refractivity contribution in [2.45, 2.75) is 69.1 Å². The molecule has 1 saturated carbocycles. The molecule has 0 saturated heterocycles. The number of aliphatic carboxylic acids is 1. The zero-order valence-electron chi connectivity index (χ0n) is 27.8. The summed E-state index contributed by atoms with van der Waals surface area (Å²) in [5.41, 5.74) is 4.81. The first-order valence-electron chi connectivity index (χ1n) is 16.2. The summed E-state index contributed by atoms with van der Waals surface area (Å²) in [7, 11) is -4.31. The van der Waals surface area contributed by atoms with Crippen LogP contribution in [-0.4, -0.2) is 84.4 Å². The van der Waals surface area contributed by atoms with Crippen molar-refractivity contribution in [1.82, 2.24) is 26.3 Å². The molecule has 0 bridgehead atoms. The second-order valence-corrected chi connectivity index (χ2v) is 14.2. The Kier molecular flexibility index (Phi) is 13.0. The molecule has 4 rings (SSSR count). The van der Waals surface area contributed by atoms with E-state index in [-0.39, 0.29) is 49.1 Å². The van der Waals surface area contributed by atoms with Gasteiger partial charge in [0, 0.05) is 19.2 Å². The van der Waals surface area contributed by atoms with E-state index in [1.165, 1.54) is 36.4 Å². The van der Waals surface area contributed by atoms with Gasteiger partial charge in [0.15, 0.2) is 5.52 Å². The Balaban J connectivity index is 1.42. The number of amides is 4. The molecule has 1 fully saturated rings. The minimum Gasteiger partial charge on any atom is -0.481 e. The van der Waals surface area contributed by atoms with Gasteiger partial charge in [-0.25, -0.2) is 4.63 Å². The fourth-order valence-corrected chi connectivity index (χ4v) is 6.72. The normalized spacial score (nSPS) is 15.2. The average molecular weight is 747 g/mol. The highest BCUT2D eigenvalue weighted by Gasteiger charge is 2.43. The molecule has 0 radical (unpaired) electrons. The first-order valence-corrected chi connectivity index (χ1v) is 18.0. The van der Waals surface area contributed by atoms with Gasteiger partial charge in [-0.1, -0.05) is 43.5 Å². The third kappa shape index (κ3) is 10.8. The Morgan fingerprint density at radius 1 is 0.942 bits per heavy atom. The molecule has 2 unspecified atom stereocenters. The summed E-state index contributed by atoms with van der Waals surface area (Å²) < 4.78 is 16.0. The summed E-state index contributed by atoms with van der Waals surface area (Å²) in [6, 6.07) is 7.21. The van der Waals surface area contributed by atoms with Gasteiger partial charge in [-0.2, -0.15) is 0 Å². The van der Waals surface area contributed by atoms with Crippen molar-refractivity contribution in [2.75, 3.05) is 18.4 Å². The van der Waals surface area contributed by atoms with Crippen molar-refractivity contribution in [3.8, 4) is 0 Å². The van der Waals surface area contributed by atoms with Gasteiger partial charge in [0.05, 0.1) is 35.5 Å². The number of carboxylic acid groups (broad SMARTS) is 1. The zero-order valence-corrected chi connectivity index (χ0v) is 28.7. The number of fused-ring (bicyclic) bond motifs is 1. The molecule has 52 heavy (non-hydrogen) atoms. The van der Waals surface area contributed by atoms with E-state index in [0.717, 1.165) is 6.42 Å². The maximum Gasteiger partial charge on any atom is 0.329 e. The van der Waals surface area contributed by atoms with Crippen molar-refractivity contribution >= 4 is 59.6 Å². The predicted octanol–water partition coefficient (Wildman–Crippen LogP) is 0.850. The number of nitro groups is 1. The monoisotopic (exact) mass is 746 g/mol. The second kappa shape index (κ2) is 17.2. The number of benzene rings is 2. The number of nitro benzene ring substituents is 1. The Morgan fingerprint density at radius 3 is 2.21 bits per heavy atom. The quantitative estimate of drug-likeness (QED) is 0.0387. The van der Waals surface area contributed by atoms with Crippen LogP contribution in [0.4, 0.5) is 11.4 Å². The molecular formula is C31H39N8O12P. The fraction of sp³-hybridized carbons (Fsp3) is 0.452. The van der Waals surface area contributed by atoms with Crippen LogP contribution in [-0.2, 0) is 41.1 Å². The van der Waals surface area contributed by atoms with Crippen molar-refractivity contribution in [3.05, 3.63) is 57.6 Å². The summed E-state index contributed by atoms with van der Waals surface area (Å²) in [6.45, 7) is 0.0485. The van der Waals surface area contributed by atoms with Gasteiger partial charge in [-0.15, -0.1) is 0 Å². The lowest BCUT2D eigenvalue weighted by atomic mass is 9.79. The van der Waals surface area contributed by atoms with Crippen LogP contribution in [0.2, 0.25) is 0 Å². The highest BCUT2D eigenvalue weighted by atomic mass is 31.2. The Bertz CT molecular complexity index is 1860. The highest BCUT2D eigenvalue weighted by Crippen LogP contribution is 2.39. The van der Waals surface area contributed by atoms with Gasteiger partial charge < -0.3 is 41.9 Å². The largest absolute Gasteiger partial charge is 0.481 e. The Labute approximate surface area is 295 Å². The molecule has 1 aliphatic rings. The van der Waals surface area contributed by atoms with Crippen molar-refractivity contribution < 1.29 is 53.0 Å². The van der Waals surface area contributed by atoms with Crippen molar-refractivity contribution in [3.63, 3.8) is 0 Å². The van der Waals surface area contributed by atoms with E-state index in [1.54, 1.807) is 0 Å². The molecule has 280 valence electrons. The number of hydrogen-bond donors (Lipinski definition) is 8. The third-order valence-electron chi connectivity index (χ3n) is 8.55. The first-order chi connectivity index (χ1) is 24.6. The number of nitrogens with zero attached hydrogens (tertiary/aromatic N) is 3. The molecular weight excluding hydrogens is 707 g/mol. The van der Waals surface area contributed by atoms with Gasteiger partial charge in [-0.05, 0) is 46.8 Å². The number of hydrogen-bond acceptors (Lipinski definition) is 12. The lowest BCUT2D eigenvalue weighted by Gasteiger charge is -2.38. The van der Waals surface area contributed by atoms with Crippen LogP contribution in [0.1, 0.15) is 56.1 Å². The number of carbonyl (C=O) groups excluding carboxylic acids is 4. The lowest BCUT2D eigenvalue weighted by Crippen LogP contribution is -2.63. The van der Waals surface area contributed by atoms with E-state index in [2.05, 4.69) is 36.2 Å². The fourth-order valence-electron chi connectivity index (χ4n) is 6.03. The molecule has 0 spiro atoms. The minimum absolute atomic E-state index is 0.0350. The van der Waals surface area contributed by atoms with Crippen LogP contribution in [0.15, 0.2) is 41.0 Å². The Hall–Kier alpha value is -5.46. The van der Waals surface area contributed by atoms with Crippen LogP contribution < -0.4 is 27.0 Å². The van der Waals surface area contributed by atoms with E-state index in [0.29, 0.717) is 29.7 Å². The first kappa shape index (κ1) is 39.3. The third-order valence-corrected chi connectivity index (χ3v) is 9.32. The molecule has 3 aromatic rings. The van der Waals surface area contributed by atoms with E-state index in [4.69, 9.17) is 5.73 Å². The van der Waals surface area contributed by atoms with Crippen LogP contribution in [0.5, 0.6) is 0 Å². The average Bonchev–Trinajstić information content (AvgIpc) is 3.56. The number of nitrogens with two attached hydrogens (primary N) is 1. The molecule has 0 aliphatic heterocycles. The van der Waals surface area contributed by atoms with E-state index < -0.39 is 78.6 Å². The molecule has 9 N–H and O–H groups in total. The molecule has 2 atom stereocenters. The maximum absolute atomic E-state index is 13.9. The standard InChI is InChI=1S/C31H39N8O12P/c32-24(40)16-22(29(44)34-13-12-33-21-8-9-23(39(46)47)27-26(21)37-51-38-27)35-30(45)31(10-2-1-3-11-31)36-28(43)20(15-25(41)42)14-18-4-6-19(7-5-18)17-52(48,49)50/h4-9,20,22,33H,1-3,10-17H2,(H2,32,40)(H,34,44)(H,35,45)(H,36,43)(H,41,42)(H2,48,49,50). The van der Waals surface area contributed by atoms with Crippen LogP contribution in [0, 0.1) is 16.0 Å². The maximum atomic E-state index is 13.9. The number of anilines is 1. The molecule has 4 amide bonds. The van der Waals surface area contributed by atoms with E-state index >= 15 is 0 Å². The van der Waals surface area contributed by atoms with Crippen molar-refractivity contribution in [1.29, 1.82) is 0 Å². The number of nitrogens with one attached hydrogen (secondary N) is 4. The summed E-state index contributed by atoms with van der Waals surface area (Å²) >= 11 is 0. The topological polar surface area (TPSA) is 319 Å². The second-order valence-electron chi connectivity index (χ2n) is 12.5. The van der Waals surface area contributed by atoms with Gasteiger partial charge in [-0.3, -0.25) is 38.7 Å². The molecule has 2 aromatic carbocycles. The van der Waals surface area contributed by atoms with Gasteiger partial charge in [0.25, 0.3) is 0 Å². The Morgan fingerprint density at radius 2 is 1.60 bits per heavy atom. The summed E-state index contributed by atoms with van der Waals surface area (Å²) in [5, 5.41) is 38.9. The molecule has 21 heteroatoms. The number of carbonyl (C=O) groups is 5. The lowest BCUT2D eigenvalue weighted by molar-refractivity contribution is -0.383. The summed E-state index contributed by atoms with van der Waals surface area (Å²) in [4.78, 5) is 93.4.